The summed E-state index contributed by atoms with van der Waals surface area (Å²) in [5, 5.41) is 13.2. The summed E-state index contributed by atoms with van der Waals surface area (Å²) in [4.78, 5) is 0. The van der Waals surface area contributed by atoms with Crippen LogP contribution in [0.15, 0.2) is 140 Å². The van der Waals surface area contributed by atoms with E-state index < -0.39 is 0 Å². The van der Waals surface area contributed by atoms with Crippen LogP contribution >= 0.6 is 0 Å². The Hall–Kier alpha value is -4.94. The predicted molar refractivity (Wildman–Crippen MR) is 179 cm³/mol. The molecule has 8 rings (SSSR count). The van der Waals surface area contributed by atoms with Gasteiger partial charge in [0, 0.05) is 0 Å². The highest BCUT2D eigenvalue weighted by molar-refractivity contribution is 6.18. The number of benzene rings is 8. The van der Waals surface area contributed by atoms with Crippen molar-refractivity contribution in [1.82, 2.24) is 0 Å². The van der Waals surface area contributed by atoms with Gasteiger partial charge in [-0.25, -0.2) is 0 Å². The van der Waals surface area contributed by atoms with E-state index in [4.69, 9.17) is 0 Å². The summed E-state index contributed by atoms with van der Waals surface area (Å²) in [7, 11) is 0. The van der Waals surface area contributed by atoms with Crippen molar-refractivity contribution in [2.24, 2.45) is 0 Å². The van der Waals surface area contributed by atoms with E-state index in [1.54, 1.807) is 0 Å². The molecule has 0 saturated carbocycles. The summed E-state index contributed by atoms with van der Waals surface area (Å²) in [6, 6.07) is 51.7. The molecule has 41 heavy (non-hydrogen) atoms. The average molecular weight is 523 g/mol. The zero-order valence-corrected chi connectivity index (χ0v) is 23.4. The Morgan fingerprint density at radius 2 is 0.902 bits per heavy atom. The van der Waals surface area contributed by atoms with Crippen LogP contribution in [0.25, 0.3) is 76.1 Å². The molecule has 0 aliphatic carbocycles. The fraction of sp³-hybridized carbons (Fsp3) is 0.0732. The van der Waals surface area contributed by atoms with E-state index in [9.17, 15) is 0 Å². The molecule has 194 valence electrons. The van der Waals surface area contributed by atoms with E-state index >= 15 is 0 Å². The van der Waals surface area contributed by atoms with Gasteiger partial charge in [-0.3, -0.25) is 0 Å². The quantitative estimate of drug-likeness (QED) is 0.160. The minimum Gasteiger partial charge on any atom is -0.0616 e. The molecule has 0 unspecified atom stereocenters. The molecule has 0 fully saturated rings. The molecular weight excluding hydrogens is 492 g/mol. The molecule has 0 heterocycles. The first-order valence-corrected chi connectivity index (χ1v) is 14.6. The van der Waals surface area contributed by atoms with Crippen molar-refractivity contribution < 1.29 is 0 Å². The minimum atomic E-state index is 0.420. The monoisotopic (exact) mass is 522 g/mol. The lowest BCUT2D eigenvalue weighted by atomic mass is 9.85. The second-order valence-electron chi connectivity index (χ2n) is 11.5. The van der Waals surface area contributed by atoms with E-state index in [1.807, 2.05) is 0 Å². The van der Waals surface area contributed by atoms with Crippen molar-refractivity contribution in [3.8, 4) is 22.3 Å². The van der Waals surface area contributed by atoms with Crippen LogP contribution in [0, 0.1) is 0 Å². The van der Waals surface area contributed by atoms with Gasteiger partial charge in [-0.05, 0) is 106 Å². The van der Waals surface area contributed by atoms with Crippen molar-refractivity contribution in [2.45, 2.75) is 19.8 Å². The van der Waals surface area contributed by atoms with E-state index in [-0.39, 0.29) is 0 Å². The third kappa shape index (κ3) is 3.83. The van der Waals surface area contributed by atoms with Crippen LogP contribution in [0.4, 0.5) is 0 Å². The highest BCUT2D eigenvalue weighted by Gasteiger charge is 2.16. The third-order valence-corrected chi connectivity index (χ3v) is 8.78. The fourth-order valence-corrected chi connectivity index (χ4v) is 6.83. The van der Waals surface area contributed by atoms with Crippen molar-refractivity contribution in [3.05, 3.63) is 145 Å². The van der Waals surface area contributed by atoms with Gasteiger partial charge in [0.05, 0.1) is 0 Å². The molecule has 0 N–H and O–H groups in total. The molecule has 0 aliphatic rings. The van der Waals surface area contributed by atoms with E-state index in [0.717, 1.165) is 0 Å². The lowest BCUT2D eigenvalue weighted by molar-refractivity contribution is 0.885. The Kier molecular flexibility index (Phi) is 5.43. The van der Waals surface area contributed by atoms with Crippen molar-refractivity contribution >= 4 is 53.9 Å². The molecule has 0 saturated heterocycles. The second-order valence-corrected chi connectivity index (χ2v) is 11.5. The number of hydrogen-bond donors (Lipinski definition) is 0. The van der Waals surface area contributed by atoms with Crippen LogP contribution in [0.5, 0.6) is 0 Å². The summed E-state index contributed by atoms with van der Waals surface area (Å²) >= 11 is 0. The van der Waals surface area contributed by atoms with Crippen molar-refractivity contribution in [1.29, 1.82) is 0 Å². The Bertz CT molecular complexity index is 2270. The maximum Gasteiger partial charge on any atom is -0.00957 e. The van der Waals surface area contributed by atoms with Crippen LogP contribution < -0.4 is 0 Å². The molecule has 8 aromatic carbocycles. The molecule has 0 heteroatoms. The van der Waals surface area contributed by atoms with Gasteiger partial charge < -0.3 is 0 Å². The first kappa shape index (κ1) is 23.9. The smallest absolute Gasteiger partial charge is 0.00957 e. The Balaban J connectivity index is 1.31. The van der Waals surface area contributed by atoms with Crippen LogP contribution in [-0.4, -0.2) is 0 Å². The van der Waals surface area contributed by atoms with Crippen molar-refractivity contribution in [2.75, 3.05) is 0 Å². The maximum atomic E-state index is 2.44. The van der Waals surface area contributed by atoms with Crippen molar-refractivity contribution in [3.63, 3.8) is 0 Å². The minimum absolute atomic E-state index is 0.420. The van der Waals surface area contributed by atoms with Crippen LogP contribution in [0.1, 0.15) is 25.3 Å². The highest BCUT2D eigenvalue weighted by atomic mass is 14.2. The van der Waals surface area contributed by atoms with Crippen LogP contribution in [0.3, 0.4) is 0 Å². The molecule has 0 amide bonds. The van der Waals surface area contributed by atoms with E-state index in [1.165, 1.54) is 81.7 Å². The summed E-state index contributed by atoms with van der Waals surface area (Å²) in [6.45, 7) is 4.63. The predicted octanol–water partition coefficient (Wildman–Crippen LogP) is 11.9. The Morgan fingerprint density at radius 3 is 1.66 bits per heavy atom. The van der Waals surface area contributed by atoms with Gasteiger partial charge in [-0.15, -0.1) is 0 Å². The highest BCUT2D eigenvalue weighted by Crippen LogP contribution is 2.41. The number of rotatable bonds is 3. The molecule has 0 aliphatic heterocycles. The summed E-state index contributed by atoms with van der Waals surface area (Å²) in [5.74, 6) is 0.420. The molecule has 0 spiro atoms. The topological polar surface area (TPSA) is 0 Å². The largest absolute Gasteiger partial charge is 0.0616 e. The average Bonchev–Trinajstić information content (AvgIpc) is 3.03. The number of hydrogen-bond acceptors (Lipinski definition) is 0. The molecule has 8 aromatic rings. The molecule has 0 aromatic heterocycles. The summed E-state index contributed by atoms with van der Waals surface area (Å²) in [5.41, 5.74) is 6.47. The Labute approximate surface area is 240 Å². The SMILES string of the molecule is CC(C)c1c2ccccc2cc2c1cc(-c1ccc(-c3ccc4ccc5ccccc5c4c3)cc1)c1ccccc12. The van der Waals surface area contributed by atoms with Gasteiger partial charge in [0.25, 0.3) is 0 Å². The van der Waals surface area contributed by atoms with Gasteiger partial charge in [0.15, 0.2) is 0 Å². The lowest BCUT2D eigenvalue weighted by Gasteiger charge is -2.18. The molecular formula is C41H30. The van der Waals surface area contributed by atoms with E-state index in [2.05, 4.69) is 153 Å². The lowest BCUT2D eigenvalue weighted by Crippen LogP contribution is -1.94. The number of fused-ring (bicyclic) bond motifs is 7. The zero-order valence-electron chi connectivity index (χ0n) is 23.4. The molecule has 0 radical (unpaired) electrons. The normalized spacial score (nSPS) is 11.9. The van der Waals surface area contributed by atoms with E-state index in [0.29, 0.717) is 5.92 Å². The van der Waals surface area contributed by atoms with Gasteiger partial charge in [-0.2, -0.15) is 0 Å². The van der Waals surface area contributed by atoms with Crippen LogP contribution in [-0.2, 0) is 0 Å². The Morgan fingerprint density at radius 1 is 0.341 bits per heavy atom. The first-order valence-electron chi connectivity index (χ1n) is 14.6. The fourth-order valence-electron chi connectivity index (χ4n) is 6.83. The van der Waals surface area contributed by atoms with Crippen LogP contribution in [0.2, 0.25) is 0 Å². The molecule has 0 bridgehead atoms. The second kappa shape index (κ2) is 9.32. The summed E-state index contributed by atoms with van der Waals surface area (Å²) in [6.07, 6.45) is 0. The maximum absolute atomic E-state index is 2.44. The summed E-state index contributed by atoms with van der Waals surface area (Å²) < 4.78 is 0. The van der Waals surface area contributed by atoms with Gasteiger partial charge >= 0.3 is 0 Å². The zero-order chi connectivity index (χ0) is 27.5. The standard InChI is InChI=1S/C41H30/c1-26(2)41-34-12-6-4-10-32(34)24-39-36-14-8-7-13-35(36)38(25-40(39)41)30-17-15-27(16-18-30)31-22-21-29-20-19-28-9-3-5-11-33(28)37(29)23-31/h3-26H,1-2H3. The van der Waals surface area contributed by atoms with Gasteiger partial charge in [0.2, 0.25) is 0 Å². The van der Waals surface area contributed by atoms with Gasteiger partial charge in [-0.1, -0.05) is 135 Å². The third-order valence-electron chi connectivity index (χ3n) is 8.78. The van der Waals surface area contributed by atoms with Gasteiger partial charge in [0.1, 0.15) is 0 Å². The molecule has 0 nitrogen and oxygen atoms in total. The molecule has 0 atom stereocenters. The first-order chi connectivity index (χ1) is 20.2.